The number of aryl methyl sites for hydroxylation is 1. The van der Waals surface area contributed by atoms with Gasteiger partial charge in [0.15, 0.2) is 5.78 Å². The van der Waals surface area contributed by atoms with Gasteiger partial charge in [-0.25, -0.2) is 0 Å². The van der Waals surface area contributed by atoms with Crippen molar-refractivity contribution >= 4 is 17.2 Å². The summed E-state index contributed by atoms with van der Waals surface area (Å²) >= 11 is 0. The van der Waals surface area contributed by atoms with Crippen LogP contribution in [0.5, 0.6) is 0 Å². The van der Waals surface area contributed by atoms with Crippen molar-refractivity contribution in [1.29, 1.82) is 0 Å². The Balaban J connectivity index is 2.31. The molecule has 2 aromatic carbocycles. The molecule has 6 nitrogen and oxygen atoms in total. The van der Waals surface area contributed by atoms with E-state index in [0.717, 1.165) is 11.3 Å². The quantitative estimate of drug-likeness (QED) is 0.631. The number of nitro groups is 1. The maximum absolute atomic E-state index is 11.6. The summed E-state index contributed by atoms with van der Waals surface area (Å²) in [4.78, 5) is 21.8. The van der Waals surface area contributed by atoms with Crippen LogP contribution in [0.25, 0.3) is 0 Å². The number of aliphatic hydroxyl groups excluding tert-OH is 1. The van der Waals surface area contributed by atoms with Gasteiger partial charge in [0.1, 0.15) is 6.10 Å². The van der Waals surface area contributed by atoms with Crippen molar-refractivity contribution in [2.45, 2.75) is 26.0 Å². The molecule has 0 saturated carbocycles. The van der Waals surface area contributed by atoms with Crippen molar-refractivity contribution in [2.24, 2.45) is 0 Å². The van der Waals surface area contributed by atoms with Gasteiger partial charge in [-0.1, -0.05) is 29.8 Å². The van der Waals surface area contributed by atoms with E-state index in [1.54, 1.807) is 0 Å². The van der Waals surface area contributed by atoms with Gasteiger partial charge in [0.2, 0.25) is 0 Å². The Kier molecular flexibility index (Phi) is 5.08. The van der Waals surface area contributed by atoms with Crippen LogP contribution in [0.15, 0.2) is 48.5 Å². The van der Waals surface area contributed by atoms with Crippen LogP contribution < -0.4 is 5.32 Å². The third-order valence-electron chi connectivity index (χ3n) is 3.57. The van der Waals surface area contributed by atoms with E-state index in [-0.39, 0.29) is 11.5 Å². The minimum Gasteiger partial charge on any atom is -0.383 e. The predicted molar refractivity (Wildman–Crippen MR) is 87.3 cm³/mol. The van der Waals surface area contributed by atoms with Crippen molar-refractivity contribution in [3.05, 3.63) is 69.8 Å². The molecule has 0 radical (unpaired) electrons. The number of rotatable bonds is 6. The summed E-state index contributed by atoms with van der Waals surface area (Å²) in [6.45, 7) is 3.27. The first-order valence-corrected chi connectivity index (χ1v) is 7.14. The lowest BCUT2D eigenvalue weighted by atomic mass is 9.98. The number of nitrogens with one attached hydrogen (secondary N) is 1. The lowest BCUT2D eigenvalue weighted by Gasteiger charge is -2.24. The smallest absolute Gasteiger partial charge is 0.269 e. The topological polar surface area (TPSA) is 92.5 Å². The molecule has 0 fully saturated rings. The minimum absolute atomic E-state index is 0.0415. The molecule has 2 N–H and O–H groups in total. The summed E-state index contributed by atoms with van der Waals surface area (Å²) in [7, 11) is 0. The fraction of sp³-hybridized carbons (Fsp3) is 0.235. The molecule has 0 unspecified atom stereocenters. The van der Waals surface area contributed by atoms with Gasteiger partial charge < -0.3 is 10.4 Å². The predicted octanol–water partition coefficient (Wildman–Crippen LogP) is 3.01. The number of hydrogen-bond acceptors (Lipinski definition) is 5. The summed E-state index contributed by atoms with van der Waals surface area (Å²) in [6, 6.07) is 12.6. The number of benzene rings is 2. The molecule has 0 heterocycles. The molecule has 2 rings (SSSR count). The summed E-state index contributed by atoms with van der Waals surface area (Å²) < 4.78 is 0. The van der Waals surface area contributed by atoms with E-state index in [1.165, 1.54) is 31.2 Å². The molecule has 2 atom stereocenters. The third kappa shape index (κ3) is 4.14. The van der Waals surface area contributed by atoms with Gasteiger partial charge in [-0.3, -0.25) is 14.9 Å². The Morgan fingerprint density at radius 3 is 2.17 bits per heavy atom. The van der Waals surface area contributed by atoms with Crippen LogP contribution in [0.3, 0.4) is 0 Å². The molecular weight excluding hydrogens is 296 g/mol. The molecule has 0 bridgehead atoms. The van der Waals surface area contributed by atoms with Crippen LogP contribution in [-0.2, 0) is 4.79 Å². The van der Waals surface area contributed by atoms with Crippen LogP contribution in [0.1, 0.15) is 24.1 Å². The Bertz CT molecular complexity index is 696. The van der Waals surface area contributed by atoms with Crippen molar-refractivity contribution < 1.29 is 14.8 Å². The monoisotopic (exact) mass is 314 g/mol. The van der Waals surface area contributed by atoms with Crippen LogP contribution >= 0.6 is 0 Å². The number of anilines is 1. The highest BCUT2D eigenvalue weighted by Gasteiger charge is 2.25. The molecule has 0 aliphatic heterocycles. The van der Waals surface area contributed by atoms with E-state index >= 15 is 0 Å². The SMILES string of the molecule is CC(=O)[C@H](O)[C@H](Nc1ccc(C)cc1)c1ccc([N+](=O)[O-])cc1. The second-order valence-corrected chi connectivity index (χ2v) is 5.39. The van der Waals surface area contributed by atoms with E-state index < -0.39 is 17.1 Å². The largest absolute Gasteiger partial charge is 0.383 e. The van der Waals surface area contributed by atoms with E-state index in [4.69, 9.17) is 0 Å². The van der Waals surface area contributed by atoms with Gasteiger partial charge in [0.25, 0.3) is 5.69 Å². The van der Waals surface area contributed by atoms with Gasteiger partial charge in [0, 0.05) is 17.8 Å². The van der Waals surface area contributed by atoms with Crippen LogP contribution in [0, 0.1) is 17.0 Å². The molecule has 0 aromatic heterocycles. The second-order valence-electron chi connectivity index (χ2n) is 5.39. The molecule has 0 aliphatic rings. The number of hydrogen-bond donors (Lipinski definition) is 2. The molecule has 0 spiro atoms. The zero-order valence-corrected chi connectivity index (χ0v) is 12.9. The number of ketones is 1. The number of nitro benzene ring substituents is 1. The van der Waals surface area contributed by atoms with Crippen molar-refractivity contribution in [1.82, 2.24) is 0 Å². The highest BCUT2D eigenvalue weighted by atomic mass is 16.6. The lowest BCUT2D eigenvalue weighted by Crippen LogP contribution is -2.31. The highest BCUT2D eigenvalue weighted by molar-refractivity contribution is 5.81. The normalized spacial score (nSPS) is 13.2. The maximum Gasteiger partial charge on any atom is 0.269 e. The number of carbonyl (C=O) groups is 1. The van der Waals surface area contributed by atoms with Crippen molar-refractivity contribution in [2.75, 3.05) is 5.32 Å². The molecule has 0 saturated heterocycles. The van der Waals surface area contributed by atoms with Gasteiger partial charge in [-0.2, -0.15) is 0 Å². The van der Waals surface area contributed by atoms with E-state index in [9.17, 15) is 20.0 Å². The molecule has 0 amide bonds. The van der Waals surface area contributed by atoms with Crippen LogP contribution in [0.4, 0.5) is 11.4 Å². The zero-order valence-electron chi connectivity index (χ0n) is 12.9. The summed E-state index contributed by atoms with van der Waals surface area (Å²) in [5, 5.41) is 24.0. The summed E-state index contributed by atoms with van der Waals surface area (Å²) in [5.41, 5.74) is 2.40. The summed E-state index contributed by atoms with van der Waals surface area (Å²) in [6.07, 6.45) is -1.25. The summed E-state index contributed by atoms with van der Waals surface area (Å²) in [5.74, 6) is -0.382. The van der Waals surface area contributed by atoms with Gasteiger partial charge in [-0.05, 0) is 31.5 Å². The highest BCUT2D eigenvalue weighted by Crippen LogP contribution is 2.25. The zero-order chi connectivity index (χ0) is 17.0. The number of nitrogens with zero attached hydrogens (tertiary/aromatic N) is 1. The lowest BCUT2D eigenvalue weighted by molar-refractivity contribution is -0.384. The standard InChI is InChI=1S/C17H18N2O4/c1-11-3-7-14(8-4-11)18-16(17(21)12(2)20)13-5-9-15(10-6-13)19(22)23/h3-10,16-18,21H,1-2H3/t16-,17+/m1/s1. The van der Waals surface area contributed by atoms with Gasteiger partial charge in [0.05, 0.1) is 11.0 Å². The first-order valence-electron chi connectivity index (χ1n) is 7.14. The maximum atomic E-state index is 11.6. The number of non-ortho nitro benzene ring substituents is 1. The molecule has 120 valence electrons. The van der Waals surface area contributed by atoms with Crippen LogP contribution in [0.2, 0.25) is 0 Å². The van der Waals surface area contributed by atoms with Crippen molar-refractivity contribution in [3.8, 4) is 0 Å². The fourth-order valence-corrected chi connectivity index (χ4v) is 2.21. The Morgan fingerprint density at radius 1 is 1.13 bits per heavy atom. The average Bonchev–Trinajstić information content (AvgIpc) is 2.53. The Labute approximate surface area is 133 Å². The number of Topliss-reactive ketones (excluding diaryl/α,β-unsaturated/α-hetero) is 1. The molecule has 0 aliphatic carbocycles. The first kappa shape index (κ1) is 16.6. The Morgan fingerprint density at radius 2 is 1.70 bits per heavy atom. The third-order valence-corrected chi connectivity index (χ3v) is 3.57. The second kappa shape index (κ2) is 7.02. The van der Waals surface area contributed by atoms with E-state index in [0.29, 0.717) is 5.56 Å². The number of carbonyl (C=O) groups excluding carboxylic acids is 1. The minimum atomic E-state index is -1.25. The first-order chi connectivity index (χ1) is 10.9. The van der Waals surface area contributed by atoms with Gasteiger partial charge >= 0.3 is 0 Å². The molecule has 6 heteroatoms. The number of aliphatic hydroxyl groups is 1. The van der Waals surface area contributed by atoms with Gasteiger partial charge in [-0.15, -0.1) is 0 Å². The van der Waals surface area contributed by atoms with Crippen LogP contribution in [-0.4, -0.2) is 21.9 Å². The molecule has 2 aromatic rings. The molecular formula is C17H18N2O4. The van der Waals surface area contributed by atoms with E-state index in [1.807, 2.05) is 31.2 Å². The Hall–Kier alpha value is -2.73. The van der Waals surface area contributed by atoms with E-state index in [2.05, 4.69) is 5.32 Å². The molecule has 23 heavy (non-hydrogen) atoms. The average molecular weight is 314 g/mol. The fourth-order valence-electron chi connectivity index (χ4n) is 2.21. The van der Waals surface area contributed by atoms with Crippen molar-refractivity contribution in [3.63, 3.8) is 0 Å².